The molecule has 11 heteroatoms. The maximum atomic E-state index is 12.3. The van der Waals surface area contributed by atoms with E-state index in [0.717, 1.165) is 39.2 Å². The zero-order chi connectivity index (χ0) is 31.6. The van der Waals surface area contributed by atoms with E-state index in [-0.39, 0.29) is 75.2 Å². The van der Waals surface area contributed by atoms with E-state index < -0.39 is 11.9 Å². The van der Waals surface area contributed by atoms with Crippen molar-refractivity contribution < 1.29 is 29.4 Å². The van der Waals surface area contributed by atoms with Crippen molar-refractivity contribution in [3.05, 3.63) is 104 Å². The monoisotopic (exact) mass is 622 g/mol. The third kappa shape index (κ3) is 7.09. The molecule has 0 unspecified atom stereocenters. The first-order valence-corrected chi connectivity index (χ1v) is 13.9. The van der Waals surface area contributed by atoms with Crippen molar-refractivity contribution >= 4 is 73.6 Å². The fourth-order valence-electron chi connectivity index (χ4n) is 5.60. The number of nitrogens with one attached hydrogen (secondary N) is 4. The number of carboxylic acids is 2. The molecule has 2 aromatic rings. The molecule has 2 amide bonds. The van der Waals surface area contributed by atoms with Gasteiger partial charge in [-0.3, -0.25) is 9.59 Å². The van der Waals surface area contributed by atoms with Crippen molar-refractivity contribution in [2.24, 2.45) is 0 Å². The number of aromatic nitrogens is 2. The number of aliphatic carboxylic acids is 2. The normalized spacial score (nSPS) is 16.5. The van der Waals surface area contributed by atoms with Gasteiger partial charge in [0.25, 0.3) is 11.8 Å². The number of hydrogen-bond acceptors (Lipinski definition) is 6. The summed E-state index contributed by atoms with van der Waals surface area (Å²) in [6, 6.07) is 0. The average molecular weight is 623 g/mol. The Balaban J connectivity index is 0.00000529. The molecule has 4 heterocycles. The number of carbonyl (C=O) groups is 4. The van der Waals surface area contributed by atoms with Crippen molar-refractivity contribution in [1.29, 1.82) is 0 Å². The van der Waals surface area contributed by atoms with Crippen LogP contribution in [0.1, 0.15) is 71.7 Å². The smallest absolute Gasteiger partial charge is 0.550 e. The molecule has 0 aromatic carbocycles. The molecule has 0 spiro atoms. The molecule has 2 aliphatic rings. The van der Waals surface area contributed by atoms with Crippen LogP contribution in [-0.4, -0.2) is 71.5 Å². The second-order valence-corrected chi connectivity index (χ2v) is 10.7. The molecule has 0 atom stereocenters. The standard InChI is InChI=1S/C33H36N4O6.Ca/c1-7-20-19(6)32(42)37-27(20)14-25-18(5)23(10-12-31(40)41)29(35-25)15-28-22(9-11-30(38)39)17(4)24(34-28)13-26-16(3)21(8-2)33(43)36-26;/h7-8,13-14,34-35H,1-2,9-12,15H2,3-6H3,(H,36,43)(H,37,42)(H,38,39)(H,40,41);/q;+2/p-2/b26-13-,27-14-;. The number of allylic oxidation sites excluding steroid dienone is 2. The van der Waals surface area contributed by atoms with Gasteiger partial charge in [0.1, 0.15) is 0 Å². The van der Waals surface area contributed by atoms with Crippen LogP contribution in [-0.2, 0) is 38.4 Å². The summed E-state index contributed by atoms with van der Waals surface area (Å²) >= 11 is 0. The topological polar surface area (TPSA) is 170 Å². The number of carboxylic acid groups (broad SMARTS) is 2. The second kappa shape index (κ2) is 14.3. The third-order valence-electron chi connectivity index (χ3n) is 8.09. The molecule has 0 saturated carbocycles. The largest absolute Gasteiger partial charge is 2.00 e. The van der Waals surface area contributed by atoms with E-state index in [1.165, 1.54) is 6.08 Å². The Morgan fingerprint density at radius 1 is 0.705 bits per heavy atom. The molecule has 44 heavy (non-hydrogen) atoms. The van der Waals surface area contributed by atoms with Crippen molar-refractivity contribution in [3.63, 3.8) is 0 Å². The summed E-state index contributed by atoms with van der Waals surface area (Å²) in [6.45, 7) is 14.8. The Hall–Kier alpha value is -3.86. The van der Waals surface area contributed by atoms with Crippen LogP contribution < -0.4 is 20.8 Å². The van der Waals surface area contributed by atoms with Crippen LogP contribution in [0, 0.1) is 13.8 Å². The molecule has 0 radical (unpaired) electrons. The van der Waals surface area contributed by atoms with Gasteiger partial charge in [0.05, 0.1) is 5.70 Å². The third-order valence-corrected chi connectivity index (χ3v) is 8.09. The minimum atomic E-state index is -1.18. The Bertz CT molecular complexity index is 1710. The number of rotatable bonds is 12. The van der Waals surface area contributed by atoms with Crippen molar-refractivity contribution in [3.8, 4) is 0 Å². The Labute approximate surface area is 285 Å². The van der Waals surface area contributed by atoms with E-state index >= 15 is 0 Å². The summed E-state index contributed by atoms with van der Waals surface area (Å²) in [4.78, 5) is 54.2. The first-order valence-electron chi connectivity index (χ1n) is 13.9. The predicted octanol–water partition coefficient (Wildman–Crippen LogP) is 1.48. The molecule has 2 aromatic heterocycles. The number of hydrogen-bond donors (Lipinski definition) is 4. The zero-order valence-electron chi connectivity index (χ0n) is 25.4. The molecule has 4 rings (SSSR count). The van der Waals surface area contributed by atoms with E-state index in [0.29, 0.717) is 45.9 Å². The van der Waals surface area contributed by atoms with Gasteiger partial charge in [-0.15, -0.1) is 0 Å². The summed E-state index contributed by atoms with van der Waals surface area (Å²) in [5.41, 5.74) is 9.76. The van der Waals surface area contributed by atoms with E-state index in [1.807, 2.05) is 26.8 Å². The fraction of sp³-hybridized carbons (Fsp3) is 0.273. The van der Waals surface area contributed by atoms with Gasteiger partial charge in [-0.1, -0.05) is 25.3 Å². The molecular formula is C33H34CaN4O6. The SMILES string of the molecule is C=CC1=C(C)/C(=C/c2[nH]c(Cc3[nH]c(/C=C4\NC(=O)C(C)=C4C=C)c(C)c3CCC(=O)[O-])c(CCC(=O)[O-])c2C)NC1=O.[Ca+2]. The predicted molar refractivity (Wildman–Crippen MR) is 164 cm³/mol. The Kier molecular flexibility index (Phi) is 11.2. The molecule has 0 bridgehead atoms. The molecule has 10 nitrogen and oxygen atoms in total. The van der Waals surface area contributed by atoms with E-state index in [4.69, 9.17) is 0 Å². The van der Waals surface area contributed by atoms with Crippen LogP contribution in [0.5, 0.6) is 0 Å². The quantitative estimate of drug-likeness (QED) is 0.261. The van der Waals surface area contributed by atoms with E-state index in [1.54, 1.807) is 19.1 Å². The van der Waals surface area contributed by atoms with Crippen LogP contribution in [0.15, 0.2) is 59.0 Å². The van der Waals surface area contributed by atoms with Crippen LogP contribution in [0.2, 0.25) is 0 Å². The van der Waals surface area contributed by atoms with Crippen LogP contribution >= 0.6 is 0 Å². The molecule has 224 valence electrons. The average Bonchev–Trinajstić information content (AvgIpc) is 3.59. The Morgan fingerprint density at radius 3 is 1.59 bits per heavy atom. The van der Waals surface area contributed by atoms with Crippen molar-refractivity contribution in [2.45, 2.75) is 59.8 Å². The summed E-state index contributed by atoms with van der Waals surface area (Å²) in [6.07, 6.45) is 7.09. The van der Waals surface area contributed by atoms with Crippen LogP contribution in [0.4, 0.5) is 0 Å². The van der Waals surface area contributed by atoms with Gasteiger partial charge in [0, 0.05) is 63.6 Å². The zero-order valence-corrected chi connectivity index (χ0v) is 27.6. The van der Waals surface area contributed by atoms with Gasteiger partial charge >= 0.3 is 37.7 Å². The maximum absolute atomic E-state index is 12.3. The molecule has 4 N–H and O–H groups in total. The summed E-state index contributed by atoms with van der Waals surface area (Å²) in [5, 5.41) is 28.5. The molecule has 2 aliphatic heterocycles. The number of amides is 2. The van der Waals surface area contributed by atoms with Gasteiger partial charge in [-0.05, 0) is 93.4 Å². The van der Waals surface area contributed by atoms with Gasteiger partial charge in [-0.25, -0.2) is 0 Å². The summed E-state index contributed by atoms with van der Waals surface area (Å²) in [5.74, 6) is -2.82. The first-order chi connectivity index (χ1) is 20.4. The van der Waals surface area contributed by atoms with Gasteiger partial charge in [0.15, 0.2) is 0 Å². The minimum absolute atomic E-state index is 0. The van der Waals surface area contributed by atoms with E-state index in [9.17, 15) is 29.4 Å². The van der Waals surface area contributed by atoms with Crippen LogP contribution in [0.3, 0.4) is 0 Å². The number of carbonyl (C=O) groups excluding carboxylic acids is 4. The van der Waals surface area contributed by atoms with Crippen molar-refractivity contribution in [1.82, 2.24) is 20.6 Å². The molecular weight excluding hydrogens is 588 g/mol. The summed E-state index contributed by atoms with van der Waals surface area (Å²) in [7, 11) is 0. The number of aromatic amines is 2. The second-order valence-electron chi connectivity index (χ2n) is 10.7. The molecule has 0 aliphatic carbocycles. The molecule has 0 saturated heterocycles. The first kappa shape index (κ1) is 34.6. The van der Waals surface area contributed by atoms with Gasteiger partial charge in [-0.2, -0.15) is 0 Å². The minimum Gasteiger partial charge on any atom is -0.550 e. The number of H-pyrrole nitrogens is 2. The summed E-state index contributed by atoms with van der Waals surface area (Å²) < 4.78 is 0. The van der Waals surface area contributed by atoms with Gasteiger partial charge < -0.3 is 40.4 Å². The molecule has 0 fully saturated rings. The van der Waals surface area contributed by atoms with E-state index in [2.05, 4.69) is 33.8 Å². The maximum Gasteiger partial charge on any atom is 2.00 e. The van der Waals surface area contributed by atoms with Gasteiger partial charge in [0.2, 0.25) is 0 Å². The Morgan fingerprint density at radius 2 is 1.16 bits per heavy atom. The van der Waals surface area contributed by atoms with Crippen molar-refractivity contribution in [2.75, 3.05) is 0 Å². The van der Waals surface area contributed by atoms with Crippen LogP contribution in [0.25, 0.3) is 12.2 Å². The fourth-order valence-corrected chi connectivity index (χ4v) is 5.60.